The summed E-state index contributed by atoms with van der Waals surface area (Å²) in [6.45, 7) is 8.69. The number of carbonyl (C=O) groups is 1. The summed E-state index contributed by atoms with van der Waals surface area (Å²) >= 11 is 0. The fourth-order valence-corrected chi connectivity index (χ4v) is 3.12. The number of benzene rings is 2. The van der Waals surface area contributed by atoms with Crippen LogP contribution >= 0.6 is 0 Å². The molecule has 144 valence electrons. The lowest BCUT2D eigenvalue weighted by molar-refractivity contribution is -0.127. The van der Waals surface area contributed by atoms with Crippen LogP contribution in [0.25, 0.3) is 0 Å². The number of morpholine rings is 1. The topological polar surface area (TPSA) is 50.8 Å². The summed E-state index contributed by atoms with van der Waals surface area (Å²) in [4.78, 5) is 14.8. The maximum atomic E-state index is 12.4. The van der Waals surface area contributed by atoms with E-state index in [1.807, 2.05) is 43.3 Å². The maximum Gasteiger partial charge on any atom is 0.261 e. The molecule has 1 unspecified atom stereocenters. The molecule has 1 fully saturated rings. The summed E-state index contributed by atoms with van der Waals surface area (Å²) in [5.74, 6) is 0.629. The first kappa shape index (κ1) is 19.4. The number of nitrogens with zero attached hydrogens (tertiary/aromatic N) is 1. The molecule has 0 bridgehead atoms. The molecule has 1 atom stereocenters. The van der Waals surface area contributed by atoms with Gasteiger partial charge in [0.2, 0.25) is 0 Å². The monoisotopic (exact) mass is 368 g/mol. The number of para-hydroxylation sites is 1. The molecule has 1 aliphatic rings. The molecule has 1 amide bonds. The van der Waals surface area contributed by atoms with Crippen LogP contribution in [0.2, 0.25) is 0 Å². The molecule has 5 nitrogen and oxygen atoms in total. The van der Waals surface area contributed by atoms with Gasteiger partial charge in [0.15, 0.2) is 6.10 Å². The van der Waals surface area contributed by atoms with Crippen molar-refractivity contribution in [1.82, 2.24) is 10.2 Å². The molecular weight excluding hydrogens is 340 g/mol. The van der Waals surface area contributed by atoms with Gasteiger partial charge in [-0.1, -0.05) is 42.5 Å². The van der Waals surface area contributed by atoms with E-state index < -0.39 is 6.10 Å². The lowest BCUT2D eigenvalue weighted by Crippen LogP contribution is -2.36. The van der Waals surface area contributed by atoms with Gasteiger partial charge >= 0.3 is 0 Å². The second-order valence-electron chi connectivity index (χ2n) is 6.95. The highest BCUT2D eigenvalue weighted by Gasteiger charge is 2.15. The lowest BCUT2D eigenvalue weighted by Gasteiger charge is -2.26. The van der Waals surface area contributed by atoms with Crippen molar-refractivity contribution in [3.63, 3.8) is 0 Å². The van der Waals surface area contributed by atoms with E-state index in [4.69, 9.17) is 9.47 Å². The average molecular weight is 368 g/mol. The maximum absolute atomic E-state index is 12.4. The highest BCUT2D eigenvalue weighted by molar-refractivity contribution is 5.80. The van der Waals surface area contributed by atoms with Crippen LogP contribution < -0.4 is 10.1 Å². The van der Waals surface area contributed by atoms with Gasteiger partial charge in [-0.2, -0.15) is 0 Å². The van der Waals surface area contributed by atoms with Crippen molar-refractivity contribution in [1.29, 1.82) is 0 Å². The van der Waals surface area contributed by atoms with Crippen LogP contribution in [0.1, 0.15) is 23.6 Å². The Hall–Kier alpha value is -2.37. The van der Waals surface area contributed by atoms with E-state index in [2.05, 4.69) is 22.3 Å². The largest absolute Gasteiger partial charge is 0.481 e. The average Bonchev–Trinajstić information content (AvgIpc) is 2.69. The van der Waals surface area contributed by atoms with Gasteiger partial charge in [0.1, 0.15) is 5.75 Å². The lowest BCUT2D eigenvalue weighted by atomic mass is 10.1. The number of rotatable bonds is 7. The number of carbonyl (C=O) groups excluding carboxylic acids is 1. The van der Waals surface area contributed by atoms with Crippen LogP contribution in [-0.4, -0.2) is 43.2 Å². The Morgan fingerprint density at radius 1 is 1.15 bits per heavy atom. The van der Waals surface area contributed by atoms with Crippen molar-refractivity contribution >= 4 is 5.91 Å². The summed E-state index contributed by atoms with van der Waals surface area (Å²) in [7, 11) is 0. The second kappa shape index (κ2) is 9.53. The summed E-state index contributed by atoms with van der Waals surface area (Å²) in [5.41, 5.74) is 3.37. The van der Waals surface area contributed by atoms with Crippen molar-refractivity contribution in [3.05, 3.63) is 65.2 Å². The molecule has 2 aromatic rings. The van der Waals surface area contributed by atoms with E-state index in [0.29, 0.717) is 6.54 Å². The zero-order valence-corrected chi connectivity index (χ0v) is 16.1. The van der Waals surface area contributed by atoms with Crippen LogP contribution in [0.15, 0.2) is 48.5 Å². The van der Waals surface area contributed by atoms with Gasteiger partial charge in [0.25, 0.3) is 5.91 Å². The van der Waals surface area contributed by atoms with Crippen molar-refractivity contribution in [2.24, 2.45) is 0 Å². The number of amides is 1. The van der Waals surface area contributed by atoms with E-state index in [1.54, 1.807) is 6.92 Å². The third-order valence-electron chi connectivity index (χ3n) is 4.73. The molecule has 1 heterocycles. The predicted octanol–water partition coefficient (Wildman–Crippen LogP) is 2.91. The van der Waals surface area contributed by atoms with E-state index in [-0.39, 0.29) is 5.91 Å². The van der Waals surface area contributed by atoms with E-state index >= 15 is 0 Å². The smallest absolute Gasteiger partial charge is 0.261 e. The minimum atomic E-state index is -0.539. The van der Waals surface area contributed by atoms with E-state index in [1.165, 1.54) is 5.56 Å². The highest BCUT2D eigenvalue weighted by Crippen LogP contribution is 2.18. The van der Waals surface area contributed by atoms with E-state index in [9.17, 15) is 4.79 Å². The zero-order valence-electron chi connectivity index (χ0n) is 16.1. The quantitative estimate of drug-likeness (QED) is 0.816. The number of nitrogens with one attached hydrogen (secondary N) is 1. The van der Waals surface area contributed by atoms with Gasteiger partial charge in [0.05, 0.1) is 13.2 Å². The minimum Gasteiger partial charge on any atom is -0.481 e. The van der Waals surface area contributed by atoms with Gasteiger partial charge in [-0.3, -0.25) is 9.69 Å². The highest BCUT2D eigenvalue weighted by atomic mass is 16.5. The fraction of sp³-hybridized carbons (Fsp3) is 0.409. The summed E-state index contributed by atoms with van der Waals surface area (Å²) < 4.78 is 11.2. The van der Waals surface area contributed by atoms with Crippen molar-refractivity contribution in [2.45, 2.75) is 33.0 Å². The number of hydrogen-bond acceptors (Lipinski definition) is 4. The van der Waals surface area contributed by atoms with Crippen LogP contribution in [-0.2, 0) is 22.6 Å². The molecule has 0 aromatic heterocycles. The molecule has 1 N–H and O–H groups in total. The normalized spacial score (nSPS) is 15.9. The van der Waals surface area contributed by atoms with Gasteiger partial charge in [-0.05, 0) is 36.6 Å². The van der Waals surface area contributed by atoms with Gasteiger partial charge < -0.3 is 14.8 Å². The molecule has 0 spiro atoms. The molecule has 27 heavy (non-hydrogen) atoms. The first-order chi connectivity index (χ1) is 13.1. The van der Waals surface area contributed by atoms with Crippen LogP contribution in [0.3, 0.4) is 0 Å². The van der Waals surface area contributed by atoms with Crippen LogP contribution in [0.5, 0.6) is 5.75 Å². The number of hydrogen-bond donors (Lipinski definition) is 1. The summed E-state index contributed by atoms with van der Waals surface area (Å²) in [6, 6.07) is 16.1. The van der Waals surface area contributed by atoms with Crippen LogP contribution in [0, 0.1) is 6.92 Å². The number of ether oxygens (including phenoxy) is 2. The summed E-state index contributed by atoms with van der Waals surface area (Å²) in [5, 5.41) is 2.97. The van der Waals surface area contributed by atoms with Crippen molar-refractivity contribution < 1.29 is 14.3 Å². The second-order valence-corrected chi connectivity index (χ2v) is 6.95. The molecule has 2 aromatic carbocycles. The first-order valence-electron chi connectivity index (χ1n) is 9.50. The molecule has 1 saturated heterocycles. The van der Waals surface area contributed by atoms with Crippen molar-refractivity contribution in [3.8, 4) is 5.75 Å². The molecule has 3 rings (SSSR count). The zero-order chi connectivity index (χ0) is 19.1. The Morgan fingerprint density at radius 3 is 2.67 bits per heavy atom. The Balaban J connectivity index is 1.50. The Morgan fingerprint density at radius 2 is 1.89 bits per heavy atom. The molecular formula is C22H28N2O3. The predicted molar refractivity (Wildman–Crippen MR) is 106 cm³/mol. The molecule has 1 aliphatic heterocycles. The first-order valence-corrected chi connectivity index (χ1v) is 9.50. The molecule has 0 saturated carbocycles. The molecule has 0 radical (unpaired) electrons. The van der Waals surface area contributed by atoms with Crippen LogP contribution in [0.4, 0.5) is 0 Å². The molecule has 5 heteroatoms. The fourth-order valence-electron chi connectivity index (χ4n) is 3.12. The number of aryl methyl sites for hydroxylation is 1. The summed E-state index contributed by atoms with van der Waals surface area (Å²) in [6.07, 6.45) is -0.539. The third-order valence-corrected chi connectivity index (χ3v) is 4.73. The van der Waals surface area contributed by atoms with E-state index in [0.717, 1.165) is 49.7 Å². The standard InChI is InChI=1S/C22H28N2O3/c1-17-6-3-4-9-21(17)27-18(2)22(25)23-15-19-7-5-8-20(14-19)16-24-10-12-26-13-11-24/h3-9,14,18H,10-13,15-16H2,1-2H3,(H,23,25). The molecule has 0 aliphatic carbocycles. The van der Waals surface area contributed by atoms with Gasteiger partial charge in [0, 0.05) is 26.2 Å². The Bertz CT molecular complexity index is 757. The Labute approximate surface area is 161 Å². The minimum absolute atomic E-state index is 0.114. The third kappa shape index (κ3) is 5.81. The Kier molecular flexibility index (Phi) is 6.85. The van der Waals surface area contributed by atoms with Gasteiger partial charge in [-0.25, -0.2) is 0 Å². The SMILES string of the molecule is Cc1ccccc1OC(C)C(=O)NCc1cccc(CN2CCOCC2)c1. The van der Waals surface area contributed by atoms with Crippen molar-refractivity contribution in [2.75, 3.05) is 26.3 Å². The van der Waals surface area contributed by atoms with Gasteiger partial charge in [-0.15, -0.1) is 0 Å².